The van der Waals surface area contributed by atoms with Gasteiger partial charge >= 0.3 is 5.97 Å². The van der Waals surface area contributed by atoms with Crippen molar-refractivity contribution in [1.29, 1.82) is 0 Å². The SMILES string of the molecule is CC(C)C1CCC(C(=O)O)O1. The smallest absolute Gasteiger partial charge is 0.332 e. The Bertz CT molecular complexity index is 153. The Morgan fingerprint density at radius 3 is 2.45 bits per heavy atom. The third-order valence-electron chi connectivity index (χ3n) is 2.07. The molecular formula is C8H14O3. The van der Waals surface area contributed by atoms with Crippen LogP contribution in [0.15, 0.2) is 0 Å². The van der Waals surface area contributed by atoms with E-state index in [-0.39, 0.29) is 6.10 Å². The van der Waals surface area contributed by atoms with Crippen LogP contribution in [0, 0.1) is 5.92 Å². The zero-order chi connectivity index (χ0) is 8.43. The van der Waals surface area contributed by atoms with Crippen molar-refractivity contribution in [3.63, 3.8) is 0 Å². The van der Waals surface area contributed by atoms with E-state index in [2.05, 4.69) is 13.8 Å². The van der Waals surface area contributed by atoms with Crippen LogP contribution in [0.3, 0.4) is 0 Å². The van der Waals surface area contributed by atoms with Gasteiger partial charge < -0.3 is 9.84 Å². The minimum Gasteiger partial charge on any atom is -0.479 e. The zero-order valence-corrected chi connectivity index (χ0v) is 6.91. The number of aliphatic carboxylic acids is 1. The molecule has 64 valence electrons. The molecule has 3 heteroatoms. The summed E-state index contributed by atoms with van der Waals surface area (Å²) in [6.45, 7) is 4.10. The number of carbonyl (C=O) groups is 1. The Balaban J connectivity index is 2.41. The van der Waals surface area contributed by atoms with Gasteiger partial charge in [0, 0.05) is 0 Å². The monoisotopic (exact) mass is 158 g/mol. The van der Waals surface area contributed by atoms with Crippen LogP contribution in [0.25, 0.3) is 0 Å². The molecule has 1 aliphatic heterocycles. The predicted octanol–water partition coefficient (Wildman–Crippen LogP) is 1.27. The second-order valence-corrected chi connectivity index (χ2v) is 3.32. The van der Waals surface area contributed by atoms with E-state index in [4.69, 9.17) is 9.84 Å². The first-order valence-corrected chi connectivity index (χ1v) is 3.99. The molecule has 11 heavy (non-hydrogen) atoms. The summed E-state index contributed by atoms with van der Waals surface area (Å²) in [4.78, 5) is 10.4. The van der Waals surface area contributed by atoms with Gasteiger partial charge in [0.25, 0.3) is 0 Å². The van der Waals surface area contributed by atoms with E-state index in [1.165, 1.54) is 0 Å². The molecule has 0 radical (unpaired) electrons. The average Bonchev–Trinajstić information content (AvgIpc) is 2.33. The highest BCUT2D eigenvalue weighted by atomic mass is 16.5. The highest BCUT2D eigenvalue weighted by Gasteiger charge is 2.31. The summed E-state index contributed by atoms with van der Waals surface area (Å²) in [6.07, 6.45) is 1.14. The molecule has 1 N–H and O–H groups in total. The lowest BCUT2D eigenvalue weighted by Crippen LogP contribution is -2.22. The molecular weight excluding hydrogens is 144 g/mol. The van der Waals surface area contributed by atoms with Gasteiger partial charge in [-0.3, -0.25) is 0 Å². The number of ether oxygens (including phenoxy) is 1. The Morgan fingerprint density at radius 1 is 1.55 bits per heavy atom. The van der Waals surface area contributed by atoms with Crippen molar-refractivity contribution in [3.05, 3.63) is 0 Å². The van der Waals surface area contributed by atoms with Gasteiger partial charge in [-0.05, 0) is 18.8 Å². The summed E-state index contributed by atoms with van der Waals surface area (Å²) in [5.41, 5.74) is 0. The fraction of sp³-hybridized carbons (Fsp3) is 0.875. The standard InChI is InChI=1S/C8H14O3/c1-5(2)6-3-4-7(11-6)8(9)10/h5-7H,3-4H2,1-2H3,(H,9,10). The van der Waals surface area contributed by atoms with Crippen LogP contribution >= 0.6 is 0 Å². The molecule has 0 aromatic heterocycles. The molecule has 1 heterocycles. The van der Waals surface area contributed by atoms with E-state index < -0.39 is 12.1 Å². The molecule has 0 bridgehead atoms. The van der Waals surface area contributed by atoms with Crippen molar-refractivity contribution >= 4 is 5.97 Å². The fourth-order valence-electron chi connectivity index (χ4n) is 1.33. The lowest BCUT2D eigenvalue weighted by Gasteiger charge is -2.13. The molecule has 0 amide bonds. The first-order valence-electron chi connectivity index (χ1n) is 3.99. The van der Waals surface area contributed by atoms with E-state index in [1.807, 2.05) is 0 Å². The van der Waals surface area contributed by atoms with Crippen molar-refractivity contribution in [2.45, 2.75) is 38.9 Å². The summed E-state index contributed by atoms with van der Waals surface area (Å²) >= 11 is 0. The quantitative estimate of drug-likeness (QED) is 0.658. The maximum absolute atomic E-state index is 10.4. The van der Waals surface area contributed by atoms with E-state index >= 15 is 0 Å². The van der Waals surface area contributed by atoms with Crippen LogP contribution in [0.1, 0.15) is 26.7 Å². The lowest BCUT2D eigenvalue weighted by molar-refractivity contribution is -0.150. The first kappa shape index (κ1) is 8.53. The van der Waals surface area contributed by atoms with Crippen LogP contribution in [0.5, 0.6) is 0 Å². The number of rotatable bonds is 2. The number of hydrogen-bond acceptors (Lipinski definition) is 2. The Kier molecular flexibility index (Phi) is 2.49. The van der Waals surface area contributed by atoms with E-state index in [9.17, 15) is 4.79 Å². The van der Waals surface area contributed by atoms with Crippen LogP contribution in [0.2, 0.25) is 0 Å². The van der Waals surface area contributed by atoms with Crippen molar-refractivity contribution in [2.75, 3.05) is 0 Å². The molecule has 2 unspecified atom stereocenters. The van der Waals surface area contributed by atoms with Crippen molar-refractivity contribution in [2.24, 2.45) is 5.92 Å². The van der Waals surface area contributed by atoms with Crippen molar-refractivity contribution in [1.82, 2.24) is 0 Å². The highest BCUT2D eigenvalue weighted by molar-refractivity contribution is 5.72. The minimum atomic E-state index is -0.826. The van der Waals surface area contributed by atoms with Gasteiger partial charge in [0.05, 0.1) is 6.10 Å². The molecule has 0 aromatic carbocycles. The average molecular weight is 158 g/mol. The van der Waals surface area contributed by atoms with Crippen molar-refractivity contribution < 1.29 is 14.6 Å². The van der Waals surface area contributed by atoms with Crippen LogP contribution in [0.4, 0.5) is 0 Å². The zero-order valence-electron chi connectivity index (χ0n) is 6.91. The first-order chi connectivity index (χ1) is 5.11. The van der Waals surface area contributed by atoms with Gasteiger partial charge in [-0.1, -0.05) is 13.8 Å². The van der Waals surface area contributed by atoms with Crippen LogP contribution < -0.4 is 0 Å². The molecule has 0 aliphatic carbocycles. The van der Waals surface area contributed by atoms with Gasteiger partial charge in [-0.25, -0.2) is 4.79 Å². The van der Waals surface area contributed by atoms with Gasteiger partial charge in [-0.2, -0.15) is 0 Å². The molecule has 0 spiro atoms. The van der Waals surface area contributed by atoms with E-state index in [0.717, 1.165) is 6.42 Å². The van der Waals surface area contributed by atoms with Gasteiger partial charge in [0.2, 0.25) is 0 Å². The predicted molar refractivity (Wildman–Crippen MR) is 40.4 cm³/mol. The van der Waals surface area contributed by atoms with Crippen LogP contribution in [-0.2, 0) is 9.53 Å². The summed E-state index contributed by atoms with van der Waals surface area (Å²) in [5.74, 6) is -0.396. The largest absolute Gasteiger partial charge is 0.479 e. The summed E-state index contributed by atoms with van der Waals surface area (Å²) in [5, 5.41) is 8.59. The molecule has 1 aliphatic rings. The maximum atomic E-state index is 10.4. The number of carboxylic acid groups (broad SMARTS) is 1. The highest BCUT2D eigenvalue weighted by Crippen LogP contribution is 2.24. The van der Waals surface area contributed by atoms with Gasteiger partial charge in [-0.15, -0.1) is 0 Å². The molecule has 3 nitrogen and oxygen atoms in total. The molecule has 2 atom stereocenters. The number of carboxylic acids is 1. The van der Waals surface area contributed by atoms with E-state index in [1.54, 1.807) is 0 Å². The summed E-state index contributed by atoms with van der Waals surface area (Å²) in [7, 11) is 0. The molecule has 1 saturated heterocycles. The van der Waals surface area contributed by atoms with Crippen molar-refractivity contribution in [3.8, 4) is 0 Å². The maximum Gasteiger partial charge on any atom is 0.332 e. The normalized spacial score (nSPS) is 31.2. The molecule has 1 rings (SSSR count). The summed E-state index contributed by atoms with van der Waals surface area (Å²) < 4.78 is 5.28. The third kappa shape index (κ3) is 1.93. The Hall–Kier alpha value is -0.570. The summed E-state index contributed by atoms with van der Waals surface area (Å²) in [6, 6.07) is 0. The second kappa shape index (κ2) is 3.22. The Morgan fingerprint density at radius 2 is 2.18 bits per heavy atom. The molecule has 0 saturated carbocycles. The topological polar surface area (TPSA) is 46.5 Å². The van der Waals surface area contributed by atoms with Crippen LogP contribution in [-0.4, -0.2) is 23.3 Å². The van der Waals surface area contributed by atoms with Gasteiger partial charge in [0.15, 0.2) is 6.10 Å². The second-order valence-electron chi connectivity index (χ2n) is 3.32. The van der Waals surface area contributed by atoms with E-state index in [0.29, 0.717) is 12.3 Å². The third-order valence-corrected chi connectivity index (χ3v) is 2.07. The fourth-order valence-corrected chi connectivity index (χ4v) is 1.33. The molecule has 0 aromatic rings. The number of hydrogen-bond donors (Lipinski definition) is 1. The lowest BCUT2D eigenvalue weighted by atomic mass is 10.0. The minimum absolute atomic E-state index is 0.149. The van der Waals surface area contributed by atoms with Gasteiger partial charge in [0.1, 0.15) is 0 Å². The Labute approximate surface area is 66.4 Å². The molecule has 1 fully saturated rings.